The van der Waals surface area contributed by atoms with Gasteiger partial charge < -0.3 is 0 Å². The van der Waals surface area contributed by atoms with Crippen LogP contribution in [0.1, 0.15) is 0 Å². The second kappa shape index (κ2) is 12.9. The first-order chi connectivity index (χ1) is 28.7. The van der Waals surface area contributed by atoms with Crippen LogP contribution >= 0.6 is 0 Å². The lowest BCUT2D eigenvalue weighted by molar-refractivity contribution is 1.10. The summed E-state index contributed by atoms with van der Waals surface area (Å²) in [4.78, 5) is 10.7. The molecule has 9 aromatic carbocycles. The van der Waals surface area contributed by atoms with Crippen molar-refractivity contribution in [2.75, 3.05) is 0 Å². The first-order valence-electron chi connectivity index (χ1n) is 19.7. The summed E-state index contributed by atoms with van der Waals surface area (Å²) in [5.74, 6) is 0.911. The van der Waals surface area contributed by atoms with Crippen molar-refractivity contribution in [1.82, 2.24) is 18.9 Å². The van der Waals surface area contributed by atoms with Gasteiger partial charge in [0.1, 0.15) is 11.5 Å². The van der Waals surface area contributed by atoms with Crippen LogP contribution in [-0.2, 0) is 0 Å². The zero-order valence-electron chi connectivity index (χ0n) is 31.4. The van der Waals surface area contributed by atoms with Gasteiger partial charge in [-0.25, -0.2) is 9.97 Å². The molecule has 12 aromatic rings. The molecule has 0 aliphatic carbocycles. The molecule has 4 heteroatoms. The van der Waals surface area contributed by atoms with E-state index >= 15 is 0 Å². The van der Waals surface area contributed by atoms with E-state index in [2.05, 4.69) is 215 Å². The molecule has 270 valence electrons. The van der Waals surface area contributed by atoms with Crippen LogP contribution in [0.5, 0.6) is 0 Å². The van der Waals surface area contributed by atoms with Crippen molar-refractivity contribution < 1.29 is 0 Å². The molecule has 0 amide bonds. The molecular formula is C54H34N4. The van der Waals surface area contributed by atoms with E-state index in [-0.39, 0.29) is 0 Å². The summed E-state index contributed by atoms with van der Waals surface area (Å²) in [6, 6.07) is 71.6. The van der Waals surface area contributed by atoms with Gasteiger partial charge in [0.05, 0.1) is 22.1 Å². The summed E-state index contributed by atoms with van der Waals surface area (Å²) in [5.41, 5.74) is 14.0. The molecule has 4 nitrogen and oxygen atoms in total. The average Bonchev–Trinajstić information content (AvgIpc) is 3.87. The van der Waals surface area contributed by atoms with E-state index in [1.807, 2.05) is 0 Å². The molecule has 0 saturated carbocycles. The smallest absolute Gasteiger partial charge is 0.145 e. The Morgan fingerprint density at radius 2 is 0.983 bits per heavy atom. The third-order valence-corrected chi connectivity index (χ3v) is 11.7. The van der Waals surface area contributed by atoms with Gasteiger partial charge in [-0.05, 0) is 109 Å². The van der Waals surface area contributed by atoms with Gasteiger partial charge in [-0.15, -0.1) is 0 Å². The predicted octanol–water partition coefficient (Wildman–Crippen LogP) is 14.0. The zero-order chi connectivity index (χ0) is 38.2. The summed E-state index contributed by atoms with van der Waals surface area (Å²) in [5, 5.41) is 7.25. The molecule has 3 heterocycles. The molecule has 0 fully saturated rings. The van der Waals surface area contributed by atoms with Crippen molar-refractivity contribution in [2.45, 2.75) is 0 Å². The number of pyridine rings is 1. The highest BCUT2D eigenvalue weighted by Gasteiger charge is 2.22. The van der Waals surface area contributed by atoms with Crippen LogP contribution in [0, 0.1) is 0 Å². The van der Waals surface area contributed by atoms with Gasteiger partial charge in [-0.1, -0.05) is 146 Å². The minimum atomic E-state index is 0.903. The van der Waals surface area contributed by atoms with Crippen molar-refractivity contribution in [3.63, 3.8) is 0 Å². The van der Waals surface area contributed by atoms with Crippen LogP contribution in [0.25, 0.3) is 110 Å². The van der Waals surface area contributed by atoms with E-state index in [1.54, 1.807) is 0 Å². The number of hydrogen-bond acceptors (Lipinski definition) is 2. The van der Waals surface area contributed by atoms with Gasteiger partial charge in [0, 0.05) is 28.6 Å². The summed E-state index contributed by atoms with van der Waals surface area (Å²) in [6.45, 7) is 0. The number of benzene rings is 9. The van der Waals surface area contributed by atoms with Crippen LogP contribution < -0.4 is 0 Å². The number of fused-ring (bicyclic) bond motifs is 7. The fourth-order valence-electron chi connectivity index (χ4n) is 8.97. The topological polar surface area (TPSA) is 35.1 Å². The summed E-state index contributed by atoms with van der Waals surface area (Å²) in [6.07, 6.45) is 2.27. The molecule has 0 radical (unpaired) electrons. The Morgan fingerprint density at radius 3 is 1.74 bits per heavy atom. The predicted molar refractivity (Wildman–Crippen MR) is 242 cm³/mol. The van der Waals surface area contributed by atoms with Crippen molar-refractivity contribution in [2.24, 2.45) is 0 Å². The molecule has 0 unspecified atom stereocenters. The molecule has 12 rings (SSSR count). The van der Waals surface area contributed by atoms with E-state index in [9.17, 15) is 0 Å². The Balaban J connectivity index is 1.12. The number of hydrogen-bond donors (Lipinski definition) is 0. The lowest BCUT2D eigenvalue weighted by Crippen LogP contribution is -1.97. The van der Waals surface area contributed by atoms with E-state index in [1.165, 1.54) is 43.4 Å². The third kappa shape index (κ3) is 5.09. The zero-order valence-corrected chi connectivity index (χ0v) is 31.4. The summed E-state index contributed by atoms with van der Waals surface area (Å²) in [7, 11) is 0. The second-order valence-corrected chi connectivity index (χ2v) is 15.1. The highest BCUT2D eigenvalue weighted by molar-refractivity contribution is 6.21. The van der Waals surface area contributed by atoms with Crippen LogP contribution in [0.4, 0.5) is 0 Å². The number of nitrogens with zero attached hydrogens (tertiary/aromatic N) is 4. The van der Waals surface area contributed by atoms with E-state index in [0.29, 0.717) is 0 Å². The Bertz CT molecular complexity index is 3570. The van der Waals surface area contributed by atoms with Crippen molar-refractivity contribution in [3.05, 3.63) is 206 Å². The quantitative estimate of drug-likeness (QED) is 0.176. The van der Waals surface area contributed by atoms with Crippen molar-refractivity contribution in [1.29, 1.82) is 0 Å². The Kier molecular flexibility index (Phi) is 7.20. The fraction of sp³-hybridized carbons (Fsp3) is 0. The van der Waals surface area contributed by atoms with Crippen molar-refractivity contribution >= 4 is 60.0 Å². The molecule has 0 atom stereocenters. The number of para-hydroxylation sites is 3. The molecule has 3 aromatic heterocycles. The second-order valence-electron chi connectivity index (χ2n) is 15.1. The lowest BCUT2D eigenvalue weighted by atomic mass is 9.89. The largest absolute Gasteiger partial charge is 0.298 e. The van der Waals surface area contributed by atoms with Crippen LogP contribution in [0.3, 0.4) is 0 Å². The maximum absolute atomic E-state index is 5.49. The highest BCUT2D eigenvalue weighted by Crippen LogP contribution is 2.45. The number of imidazole rings is 2. The van der Waals surface area contributed by atoms with Gasteiger partial charge in [-0.2, -0.15) is 0 Å². The third-order valence-electron chi connectivity index (χ3n) is 11.7. The molecule has 0 aliphatic rings. The minimum Gasteiger partial charge on any atom is -0.298 e. The van der Waals surface area contributed by atoms with Crippen LogP contribution in [0.2, 0.25) is 0 Å². The normalized spacial score (nSPS) is 11.8. The summed E-state index contributed by atoms with van der Waals surface area (Å²) >= 11 is 0. The Labute approximate surface area is 334 Å². The van der Waals surface area contributed by atoms with Crippen LogP contribution in [-0.4, -0.2) is 18.9 Å². The van der Waals surface area contributed by atoms with Crippen molar-refractivity contribution in [3.8, 4) is 50.5 Å². The van der Waals surface area contributed by atoms with E-state index < -0.39 is 0 Å². The van der Waals surface area contributed by atoms with Gasteiger partial charge >= 0.3 is 0 Å². The molecule has 0 saturated heterocycles. The maximum atomic E-state index is 5.49. The lowest BCUT2D eigenvalue weighted by Gasteiger charge is -2.16. The van der Waals surface area contributed by atoms with Gasteiger partial charge in [0.2, 0.25) is 0 Å². The van der Waals surface area contributed by atoms with Gasteiger partial charge in [0.25, 0.3) is 0 Å². The molecule has 0 spiro atoms. The molecule has 0 N–H and O–H groups in total. The van der Waals surface area contributed by atoms with E-state index in [4.69, 9.17) is 9.97 Å². The molecular weight excluding hydrogens is 705 g/mol. The monoisotopic (exact) mass is 738 g/mol. The maximum Gasteiger partial charge on any atom is 0.145 e. The standard InChI is InChI=1S/C54H34N4/c1-2-19-44(20-3-1)58-48-24-11-10-23-47(48)55-54(58)42-18-12-17-39(33-42)43-29-30-49-56-52-50(40-27-25-35-13-4-6-15-37(35)31-40)45-21-8-9-22-46(45)51(53(52)57(49)34-43)41-28-26-36-14-5-7-16-38(36)32-41/h1-34H. The van der Waals surface area contributed by atoms with Gasteiger partial charge in [-0.3, -0.25) is 8.97 Å². The fourth-order valence-corrected chi connectivity index (χ4v) is 8.97. The Hall–Kier alpha value is -7.82. The molecule has 0 aliphatic heterocycles. The highest BCUT2D eigenvalue weighted by atomic mass is 15.1. The SMILES string of the molecule is c1ccc(-n2c(-c3cccc(-c4ccc5nc6c(-c7ccc8ccccc8c7)c7ccccc7c(-c7ccc8ccccc8c7)c6n5c4)c3)nc3ccccc32)cc1. The number of aromatic nitrogens is 4. The first-order valence-corrected chi connectivity index (χ1v) is 19.7. The van der Waals surface area contributed by atoms with Crippen LogP contribution in [0.15, 0.2) is 206 Å². The summed E-state index contributed by atoms with van der Waals surface area (Å²) < 4.78 is 4.58. The first kappa shape index (κ1) is 32.4. The van der Waals surface area contributed by atoms with Gasteiger partial charge in [0.15, 0.2) is 0 Å². The average molecular weight is 739 g/mol. The molecule has 0 bridgehead atoms. The minimum absolute atomic E-state index is 0.903. The van der Waals surface area contributed by atoms with E-state index in [0.717, 1.165) is 67.0 Å². The molecule has 58 heavy (non-hydrogen) atoms. The Morgan fingerprint density at radius 1 is 0.379 bits per heavy atom. The number of rotatable bonds is 5.